The second-order valence-corrected chi connectivity index (χ2v) is 5.02. The number of benzene rings is 1. The molecule has 0 saturated carbocycles. The number of carbonyl (C=O) groups is 1. The molecule has 1 aliphatic rings. The van der Waals surface area contributed by atoms with Gasteiger partial charge in [0, 0.05) is 13.1 Å². The van der Waals surface area contributed by atoms with E-state index >= 15 is 0 Å². The van der Waals surface area contributed by atoms with Crippen LogP contribution in [-0.4, -0.2) is 28.6 Å². The number of hydrogen-bond acceptors (Lipinski definition) is 2. The molecule has 0 aromatic heterocycles. The minimum absolute atomic E-state index is 0.137. The van der Waals surface area contributed by atoms with E-state index in [0.29, 0.717) is 0 Å². The fraction of sp³-hybridized carbons (Fsp3) is 0.500. The molecule has 1 aromatic carbocycles. The summed E-state index contributed by atoms with van der Waals surface area (Å²) in [5.74, 6) is -0.572. The predicted molar refractivity (Wildman–Crippen MR) is 66.8 cm³/mol. The van der Waals surface area contributed by atoms with Crippen molar-refractivity contribution in [1.29, 1.82) is 0 Å². The van der Waals surface area contributed by atoms with E-state index in [-0.39, 0.29) is 12.0 Å². The van der Waals surface area contributed by atoms with E-state index in [1.54, 1.807) is 0 Å². The zero-order valence-corrected chi connectivity index (χ0v) is 10.4. The van der Waals surface area contributed by atoms with Crippen molar-refractivity contribution < 1.29 is 9.90 Å². The van der Waals surface area contributed by atoms with Crippen molar-refractivity contribution in [3.05, 3.63) is 35.4 Å². The summed E-state index contributed by atoms with van der Waals surface area (Å²) < 4.78 is 0. The van der Waals surface area contributed by atoms with Crippen LogP contribution in [0.25, 0.3) is 0 Å². The molecule has 1 aromatic rings. The molecular weight excluding hydrogens is 214 g/mol. The van der Waals surface area contributed by atoms with Crippen molar-refractivity contribution in [2.24, 2.45) is 5.92 Å². The summed E-state index contributed by atoms with van der Waals surface area (Å²) in [7, 11) is 0. The summed E-state index contributed by atoms with van der Waals surface area (Å²) in [6.45, 7) is 5.54. The number of fused-ring (bicyclic) bond motifs is 1. The third-order valence-corrected chi connectivity index (χ3v) is 3.44. The number of aliphatic carboxylic acids is 1. The van der Waals surface area contributed by atoms with E-state index in [4.69, 9.17) is 0 Å². The average Bonchev–Trinajstić information content (AvgIpc) is 2.28. The molecule has 0 bridgehead atoms. The highest BCUT2D eigenvalue weighted by molar-refractivity contribution is 5.73. The van der Waals surface area contributed by atoms with Crippen molar-refractivity contribution in [2.75, 3.05) is 6.54 Å². The van der Waals surface area contributed by atoms with Crippen molar-refractivity contribution in [2.45, 2.75) is 32.9 Å². The molecule has 3 heteroatoms. The Bertz CT molecular complexity index is 414. The molecule has 92 valence electrons. The average molecular weight is 233 g/mol. The van der Waals surface area contributed by atoms with Crippen molar-refractivity contribution in [1.82, 2.24) is 4.90 Å². The highest BCUT2D eigenvalue weighted by Crippen LogP contribution is 2.23. The van der Waals surface area contributed by atoms with Crippen LogP contribution < -0.4 is 0 Å². The van der Waals surface area contributed by atoms with Crippen LogP contribution in [0.15, 0.2) is 24.3 Å². The maximum atomic E-state index is 11.3. The zero-order valence-electron chi connectivity index (χ0n) is 10.4. The molecule has 3 nitrogen and oxygen atoms in total. The quantitative estimate of drug-likeness (QED) is 0.869. The fourth-order valence-corrected chi connectivity index (χ4v) is 2.62. The smallest absolute Gasteiger partial charge is 0.321 e. The molecule has 0 spiro atoms. The van der Waals surface area contributed by atoms with E-state index in [0.717, 1.165) is 19.5 Å². The minimum Gasteiger partial charge on any atom is -0.480 e. The monoisotopic (exact) mass is 233 g/mol. The van der Waals surface area contributed by atoms with Gasteiger partial charge in [-0.1, -0.05) is 38.1 Å². The van der Waals surface area contributed by atoms with Crippen LogP contribution in [0.1, 0.15) is 25.0 Å². The standard InChI is InChI=1S/C14H19NO2/c1-10(2)13(14(16)17)15-8-7-11-5-3-4-6-12(11)9-15/h3-6,10,13H,7-9H2,1-2H3,(H,16,17). The molecule has 17 heavy (non-hydrogen) atoms. The van der Waals surface area contributed by atoms with Gasteiger partial charge in [0.2, 0.25) is 0 Å². The zero-order chi connectivity index (χ0) is 12.4. The largest absolute Gasteiger partial charge is 0.480 e. The van der Waals surface area contributed by atoms with Crippen molar-refractivity contribution in [3.8, 4) is 0 Å². The molecule has 1 atom stereocenters. The molecule has 1 aliphatic heterocycles. The lowest BCUT2D eigenvalue weighted by atomic mass is 9.95. The van der Waals surface area contributed by atoms with Crippen LogP contribution in [0.4, 0.5) is 0 Å². The van der Waals surface area contributed by atoms with Crippen LogP contribution in [-0.2, 0) is 17.8 Å². The lowest BCUT2D eigenvalue weighted by molar-refractivity contribution is -0.145. The second-order valence-electron chi connectivity index (χ2n) is 5.02. The van der Waals surface area contributed by atoms with Crippen LogP contribution in [0.2, 0.25) is 0 Å². The first-order chi connectivity index (χ1) is 8.09. The Kier molecular flexibility index (Phi) is 3.48. The summed E-state index contributed by atoms with van der Waals surface area (Å²) in [6, 6.07) is 7.93. The molecule has 1 heterocycles. The molecule has 2 rings (SSSR count). The van der Waals surface area contributed by atoms with Gasteiger partial charge in [0.1, 0.15) is 6.04 Å². The Labute approximate surface area is 102 Å². The van der Waals surface area contributed by atoms with Crippen molar-refractivity contribution >= 4 is 5.97 Å². The SMILES string of the molecule is CC(C)C(C(=O)O)N1CCc2ccccc2C1. The highest BCUT2D eigenvalue weighted by Gasteiger charge is 2.30. The van der Waals surface area contributed by atoms with Gasteiger partial charge in [-0.05, 0) is 23.5 Å². The summed E-state index contributed by atoms with van der Waals surface area (Å²) in [5, 5.41) is 9.30. The van der Waals surface area contributed by atoms with Crippen LogP contribution in [0.5, 0.6) is 0 Å². The van der Waals surface area contributed by atoms with E-state index < -0.39 is 5.97 Å². The summed E-state index contributed by atoms with van der Waals surface area (Å²) in [4.78, 5) is 13.4. The molecule has 1 N–H and O–H groups in total. The van der Waals surface area contributed by atoms with Gasteiger partial charge >= 0.3 is 5.97 Å². The van der Waals surface area contributed by atoms with Crippen LogP contribution >= 0.6 is 0 Å². The van der Waals surface area contributed by atoms with Gasteiger partial charge in [-0.15, -0.1) is 0 Å². The van der Waals surface area contributed by atoms with Gasteiger partial charge in [0.25, 0.3) is 0 Å². The normalized spacial score (nSPS) is 17.8. The molecular formula is C14H19NO2. The van der Waals surface area contributed by atoms with Gasteiger partial charge < -0.3 is 5.11 Å². The summed E-state index contributed by atoms with van der Waals surface area (Å²) >= 11 is 0. The maximum absolute atomic E-state index is 11.3. The first kappa shape index (κ1) is 12.1. The van der Waals surface area contributed by atoms with Gasteiger partial charge in [0.05, 0.1) is 0 Å². The molecule has 0 aliphatic carbocycles. The number of carboxylic acid groups (broad SMARTS) is 1. The number of hydrogen-bond donors (Lipinski definition) is 1. The summed E-state index contributed by atoms with van der Waals surface area (Å²) in [6.07, 6.45) is 0.951. The van der Waals surface area contributed by atoms with E-state index in [2.05, 4.69) is 17.0 Å². The Morgan fingerprint density at radius 3 is 2.53 bits per heavy atom. The van der Waals surface area contributed by atoms with Gasteiger partial charge in [-0.2, -0.15) is 0 Å². The molecule has 0 amide bonds. The van der Waals surface area contributed by atoms with E-state index in [1.165, 1.54) is 11.1 Å². The van der Waals surface area contributed by atoms with Gasteiger partial charge in [0.15, 0.2) is 0 Å². The Morgan fingerprint density at radius 1 is 1.29 bits per heavy atom. The topological polar surface area (TPSA) is 40.5 Å². The number of rotatable bonds is 3. The van der Waals surface area contributed by atoms with Gasteiger partial charge in [-0.3, -0.25) is 9.69 Å². The fourth-order valence-electron chi connectivity index (χ4n) is 2.62. The molecule has 0 radical (unpaired) electrons. The third-order valence-electron chi connectivity index (χ3n) is 3.44. The van der Waals surface area contributed by atoms with Crippen LogP contribution in [0.3, 0.4) is 0 Å². The lowest BCUT2D eigenvalue weighted by Gasteiger charge is -2.35. The van der Waals surface area contributed by atoms with Gasteiger partial charge in [-0.25, -0.2) is 0 Å². The summed E-state index contributed by atoms with van der Waals surface area (Å²) in [5.41, 5.74) is 2.63. The molecule has 0 saturated heterocycles. The van der Waals surface area contributed by atoms with Crippen molar-refractivity contribution in [3.63, 3.8) is 0 Å². The minimum atomic E-state index is -0.709. The maximum Gasteiger partial charge on any atom is 0.321 e. The first-order valence-electron chi connectivity index (χ1n) is 6.13. The first-order valence-corrected chi connectivity index (χ1v) is 6.13. The number of carboxylic acids is 1. The third kappa shape index (κ3) is 2.50. The molecule has 0 fully saturated rings. The van der Waals surface area contributed by atoms with Crippen LogP contribution in [0, 0.1) is 5.92 Å². The second kappa shape index (κ2) is 4.88. The Hall–Kier alpha value is -1.35. The molecule has 1 unspecified atom stereocenters. The Morgan fingerprint density at radius 2 is 1.94 bits per heavy atom. The predicted octanol–water partition coefficient (Wildman–Crippen LogP) is 2.15. The van der Waals surface area contributed by atoms with E-state index in [1.807, 2.05) is 26.0 Å². The number of nitrogens with zero attached hydrogens (tertiary/aromatic N) is 1. The lowest BCUT2D eigenvalue weighted by Crippen LogP contribution is -2.46. The van der Waals surface area contributed by atoms with E-state index in [9.17, 15) is 9.90 Å². The Balaban J connectivity index is 2.19. The highest BCUT2D eigenvalue weighted by atomic mass is 16.4.